The molecule has 0 spiro atoms. The zero-order valence-corrected chi connectivity index (χ0v) is 13.7. The van der Waals surface area contributed by atoms with E-state index in [1.54, 1.807) is 11.3 Å². The normalized spacial score (nSPS) is 25.9. The smallest absolute Gasteiger partial charge is 0.0397 e. The minimum absolute atomic E-state index is 1.08. The molecule has 21 heavy (non-hydrogen) atoms. The molecule has 3 rings (SSSR count). The van der Waals surface area contributed by atoms with Crippen LogP contribution >= 0.6 is 0 Å². The van der Waals surface area contributed by atoms with E-state index in [-0.39, 0.29) is 0 Å². The molecular weight excluding hydrogens is 256 g/mol. The van der Waals surface area contributed by atoms with Crippen LogP contribution in [-0.2, 0) is 0 Å². The fourth-order valence-electron chi connectivity index (χ4n) is 4.19. The molecule has 1 saturated heterocycles. The van der Waals surface area contributed by atoms with Gasteiger partial charge in [-0.3, -0.25) is 4.99 Å². The van der Waals surface area contributed by atoms with Gasteiger partial charge in [-0.25, -0.2) is 0 Å². The van der Waals surface area contributed by atoms with Crippen LogP contribution in [0.2, 0.25) is 0 Å². The first-order chi connectivity index (χ1) is 10.4. The SMILES string of the molecule is C1CCCN=C(C2=C(N3CCCCC3)CCCC2)CCC1. The largest absolute Gasteiger partial charge is 0.375 e. The number of aliphatic imine (C=N–C) groups is 1. The Hall–Kier alpha value is -0.790. The predicted molar refractivity (Wildman–Crippen MR) is 90.9 cm³/mol. The summed E-state index contributed by atoms with van der Waals surface area (Å²) in [6.45, 7) is 3.67. The van der Waals surface area contributed by atoms with Crippen LogP contribution in [0.15, 0.2) is 16.3 Å². The number of nitrogens with zero attached hydrogens (tertiary/aromatic N) is 2. The van der Waals surface area contributed by atoms with Gasteiger partial charge < -0.3 is 4.90 Å². The summed E-state index contributed by atoms with van der Waals surface area (Å²) in [5.74, 6) is 0. The Morgan fingerprint density at radius 3 is 2.19 bits per heavy atom. The van der Waals surface area contributed by atoms with Crippen LogP contribution in [-0.4, -0.2) is 30.2 Å². The topological polar surface area (TPSA) is 15.6 Å². The second-order valence-electron chi connectivity index (χ2n) is 7.03. The highest BCUT2D eigenvalue weighted by Crippen LogP contribution is 2.31. The summed E-state index contributed by atoms with van der Waals surface area (Å²) < 4.78 is 0. The Bertz CT molecular complexity index is 388. The summed E-state index contributed by atoms with van der Waals surface area (Å²) >= 11 is 0. The van der Waals surface area contributed by atoms with Crippen LogP contribution in [0.3, 0.4) is 0 Å². The van der Waals surface area contributed by atoms with E-state index in [2.05, 4.69) is 4.90 Å². The molecule has 0 N–H and O–H groups in total. The van der Waals surface area contributed by atoms with Gasteiger partial charge in [0.15, 0.2) is 0 Å². The van der Waals surface area contributed by atoms with Gasteiger partial charge in [-0.1, -0.05) is 19.3 Å². The number of hydrogen-bond donors (Lipinski definition) is 0. The summed E-state index contributed by atoms with van der Waals surface area (Å²) in [5.41, 5.74) is 4.86. The fraction of sp³-hybridized carbons (Fsp3) is 0.842. The fourth-order valence-corrected chi connectivity index (χ4v) is 4.19. The van der Waals surface area contributed by atoms with E-state index in [1.165, 1.54) is 102 Å². The van der Waals surface area contributed by atoms with Gasteiger partial charge in [0.25, 0.3) is 0 Å². The molecule has 0 bridgehead atoms. The van der Waals surface area contributed by atoms with Gasteiger partial charge >= 0.3 is 0 Å². The molecule has 0 radical (unpaired) electrons. The van der Waals surface area contributed by atoms with Crippen molar-refractivity contribution in [3.8, 4) is 0 Å². The molecular formula is C19H32N2. The summed E-state index contributed by atoms with van der Waals surface area (Å²) in [5, 5.41) is 0. The van der Waals surface area contributed by atoms with E-state index in [0.29, 0.717) is 0 Å². The quantitative estimate of drug-likeness (QED) is 0.690. The number of likely N-dealkylation sites (tertiary alicyclic amines) is 1. The van der Waals surface area contributed by atoms with E-state index in [4.69, 9.17) is 4.99 Å². The van der Waals surface area contributed by atoms with Crippen molar-refractivity contribution in [2.24, 2.45) is 4.99 Å². The van der Waals surface area contributed by atoms with Gasteiger partial charge in [-0.05, 0) is 69.8 Å². The Kier molecular flexibility index (Phi) is 5.76. The molecule has 0 unspecified atom stereocenters. The lowest BCUT2D eigenvalue weighted by atomic mass is 9.89. The van der Waals surface area contributed by atoms with Crippen molar-refractivity contribution in [1.82, 2.24) is 4.90 Å². The van der Waals surface area contributed by atoms with Crippen LogP contribution in [0.1, 0.15) is 83.5 Å². The lowest BCUT2D eigenvalue weighted by Crippen LogP contribution is -2.32. The molecule has 0 aromatic carbocycles. The number of allylic oxidation sites excluding steroid dienone is 2. The van der Waals surface area contributed by atoms with Crippen LogP contribution in [0, 0.1) is 0 Å². The van der Waals surface area contributed by atoms with E-state index in [1.807, 2.05) is 0 Å². The lowest BCUT2D eigenvalue weighted by Gasteiger charge is -2.35. The summed E-state index contributed by atoms with van der Waals surface area (Å²) in [7, 11) is 0. The van der Waals surface area contributed by atoms with E-state index < -0.39 is 0 Å². The first-order valence-corrected chi connectivity index (χ1v) is 9.46. The predicted octanol–water partition coefficient (Wildman–Crippen LogP) is 5.10. The van der Waals surface area contributed by atoms with Crippen molar-refractivity contribution in [2.45, 2.75) is 83.5 Å². The zero-order valence-electron chi connectivity index (χ0n) is 13.7. The van der Waals surface area contributed by atoms with Gasteiger partial charge in [0.2, 0.25) is 0 Å². The van der Waals surface area contributed by atoms with Crippen LogP contribution in [0.5, 0.6) is 0 Å². The van der Waals surface area contributed by atoms with Gasteiger partial charge in [0.1, 0.15) is 0 Å². The molecule has 3 aliphatic rings. The maximum atomic E-state index is 5.04. The maximum absolute atomic E-state index is 5.04. The Labute approximate surface area is 130 Å². The van der Waals surface area contributed by atoms with E-state index >= 15 is 0 Å². The first kappa shape index (κ1) is 15.1. The Balaban J connectivity index is 1.81. The molecule has 2 heteroatoms. The van der Waals surface area contributed by atoms with Gasteiger partial charge in [0.05, 0.1) is 0 Å². The third-order valence-electron chi connectivity index (χ3n) is 5.40. The summed E-state index contributed by atoms with van der Waals surface area (Å²) in [4.78, 5) is 7.76. The third-order valence-corrected chi connectivity index (χ3v) is 5.40. The summed E-state index contributed by atoms with van der Waals surface area (Å²) in [6, 6.07) is 0. The van der Waals surface area contributed by atoms with Crippen LogP contribution in [0.25, 0.3) is 0 Å². The summed E-state index contributed by atoms with van der Waals surface area (Å²) in [6.07, 6.45) is 17.7. The molecule has 1 aliphatic carbocycles. The lowest BCUT2D eigenvalue weighted by molar-refractivity contribution is 0.268. The van der Waals surface area contributed by atoms with Gasteiger partial charge in [0, 0.05) is 31.0 Å². The monoisotopic (exact) mass is 288 g/mol. The van der Waals surface area contributed by atoms with Gasteiger partial charge in [-0.2, -0.15) is 0 Å². The minimum Gasteiger partial charge on any atom is -0.375 e. The van der Waals surface area contributed by atoms with Crippen molar-refractivity contribution in [2.75, 3.05) is 19.6 Å². The average Bonchev–Trinajstić information content (AvgIpc) is 2.69. The molecule has 0 atom stereocenters. The van der Waals surface area contributed by atoms with Crippen molar-refractivity contribution >= 4 is 5.71 Å². The highest BCUT2D eigenvalue weighted by atomic mass is 15.1. The molecule has 0 aromatic heterocycles. The molecule has 0 saturated carbocycles. The van der Waals surface area contributed by atoms with Crippen LogP contribution < -0.4 is 0 Å². The maximum Gasteiger partial charge on any atom is 0.0397 e. The highest BCUT2D eigenvalue weighted by molar-refractivity contribution is 6.00. The van der Waals surface area contributed by atoms with Crippen molar-refractivity contribution < 1.29 is 0 Å². The number of rotatable bonds is 2. The molecule has 2 heterocycles. The van der Waals surface area contributed by atoms with Crippen molar-refractivity contribution in [3.05, 3.63) is 11.3 Å². The standard InChI is InChI=1S/C19H32N2/c1-2-5-12-18(20-14-8-3-1)17-11-6-7-13-19(17)21-15-9-4-10-16-21/h1-16H2. The molecule has 0 amide bonds. The average molecular weight is 288 g/mol. The number of piperidine rings is 1. The molecule has 2 nitrogen and oxygen atoms in total. The minimum atomic E-state index is 1.08. The molecule has 0 aromatic rings. The van der Waals surface area contributed by atoms with E-state index in [9.17, 15) is 0 Å². The Morgan fingerprint density at radius 1 is 0.619 bits per heavy atom. The second kappa shape index (κ2) is 8.00. The zero-order chi connectivity index (χ0) is 14.3. The Morgan fingerprint density at radius 2 is 1.29 bits per heavy atom. The van der Waals surface area contributed by atoms with Crippen molar-refractivity contribution in [1.29, 1.82) is 0 Å². The second-order valence-corrected chi connectivity index (χ2v) is 7.03. The first-order valence-electron chi connectivity index (χ1n) is 9.46. The highest BCUT2D eigenvalue weighted by Gasteiger charge is 2.23. The van der Waals surface area contributed by atoms with Crippen LogP contribution in [0.4, 0.5) is 0 Å². The molecule has 1 fully saturated rings. The van der Waals surface area contributed by atoms with E-state index in [0.717, 1.165) is 6.54 Å². The number of hydrogen-bond acceptors (Lipinski definition) is 2. The molecule has 118 valence electrons. The van der Waals surface area contributed by atoms with Gasteiger partial charge in [-0.15, -0.1) is 0 Å². The van der Waals surface area contributed by atoms with Crippen molar-refractivity contribution in [3.63, 3.8) is 0 Å². The molecule has 2 aliphatic heterocycles. The third kappa shape index (κ3) is 4.11.